The second-order valence-electron chi connectivity index (χ2n) is 7.80. The molecular formula is C23H26N4O3. The molecule has 0 saturated carbocycles. The molecule has 3 N–H and O–H groups in total. The molecule has 2 aromatic rings. The summed E-state index contributed by atoms with van der Waals surface area (Å²) in [6.07, 6.45) is 1.63. The Bertz CT molecular complexity index is 971. The molecule has 2 aliphatic heterocycles. The Morgan fingerprint density at radius 3 is 2.57 bits per heavy atom. The lowest BCUT2D eigenvalue weighted by molar-refractivity contribution is -0.136. The van der Waals surface area contributed by atoms with Crippen molar-refractivity contribution >= 4 is 23.4 Å². The molecule has 0 radical (unpaired) electrons. The van der Waals surface area contributed by atoms with Crippen LogP contribution in [-0.4, -0.2) is 42.3 Å². The first-order valence-electron chi connectivity index (χ1n) is 10.3. The van der Waals surface area contributed by atoms with Gasteiger partial charge in [-0.2, -0.15) is 0 Å². The van der Waals surface area contributed by atoms with Crippen LogP contribution >= 0.6 is 0 Å². The third-order valence-corrected chi connectivity index (χ3v) is 5.71. The van der Waals surface area contributed by atoms with E-state index in [1.54, 1.807) is 4.90 Å². The van der Waals surface area contributed by atoms with Gasteiger partial charge in [-0.1, -0.05) is 24.3 Å². The van der Waals surface area contributed by atoms with E-state index in [9.17, 15) is 14.4 Å². The van der Waals surface area contributed by atoms with Crippen LogP contribution < -0.4 is 16.0 Å². The lowest BCUT2D eigenvalue weighted by Crippen LogP contribution is -2.52. The Morgan fingerprint density at radius 2 is 1.83 bits per heavy atom. The number of carbonyl (C=O) groups is 3. The molecule has 0 aromatic heterocycles. The molecule has 0 bridgehead atoms. The molecule has 2 heterocycles. The number of nitrogens with zero attached hydrogens (tertiary/aromatic N) is 1. The van der Waals surface area contributed by atoms with E-state index in [2.05, 4.69) is 40.2 Å². The molecule has 7 nitrogen and oxygen atoms in total. The van der Waals surface area contributed by atoms with Crippen molar-refractivity contribution in [2.24, 2.45) is 0 Å². The summed E-state index contributed by atoms with van der Waals surface area (Å²) < 4.78 is 0. The second-order valence-corrected chi connectivity index (χ2v) is 7.80. The third kappa shape index (κ3) is 4.21. The molecular weight excluding hydrogens is 380 g/mol. The maximum atomic E-state index is 12.9. The van der Waals surface area contributed by atoms with E-state index in [-0.39, 0.29) is 24.1 Å². The Hall–Kier alpha value is -3.19. The van der Waals surface area contributed by atoms with Crippen molar-refractivity contribution in [3.63, 3.8) is 0 Å². The molecule has 30 heavy (non-hydrogen) atoms. The predicted molar refractivity (Wildman–Crippen MR) is 114 cm³/mol. The summed E-state index contributed by atoms with van der Waals surface area (Å²) in [5.74, 6) is -0.800. The smallest absolute Gasteiger partial charge is 0.255 e. The molecule has 1 atom stereocenters. The van der Waals surface area contributed by atoms with Gasteiger partial charge in [0.25, 0.3) is 5.91 Å². The number of fused-ring (bicyclic) bond motifs is 1. The number of benzene rings is 2. The quantitative estimate of drug-likeness (QED) is 0.611. The average molecular weight is 406 g/mol. The Labute approximate surface area is 175 Å². The minimum Gasteiger partial charge on any atom is -0.381 e. The maximum Gasteiger partial charge on any atom is 0.255 e. The monoisotopic (exact) mass is 406 g/mol. The van der Waals surface area contributed by atoms with Gasteiger partial charge in [0.1, 0.15) is 6.04 Å². The number of imide groups is 1. The SMILES string of the molecule is CNCCc1ccc(NCc2ccc3c(c2)C(=O)N(C2CCC(=O)NC2=O)C3)cc1. The third-order valence-electron chi connectivity index (χ3n) is 5.71. The van der Waals surface area contributed by atoms with Gasteiger partial charge in [0.15, 0.2) is 0 Å². The number of nitrogens with one attached hydrogen (secondary N) is 3. The summed E-state index contributed by atoms with van der Waals surface area (Å²) in [6.45, 7) is 1.96. The molecule has 0 aliphatic carbocycles. The molecule has 0 spiro atoms. The van der Waals surface area contributed by atoms with E-state index in [0.29, 0.717) is 25.1 Å². The molecule has 3 amide bonds. The number of piperidine rings is 1. The zero-order valence-corrected chi connectivity index (χ0v) is 17.0. The van der Waals surface area contributed by atoms with Crippen LogP contribution in [0.25, 0.3) is 0 Å². The van der Waals surface area contributed by atoms with Crippen molar-refractivity contribution in [1.82, 2.24) is 15.5 Å². The summed E-state index contributed by atoms with van der Waals surface area (Å²) >= 11 is 0. The van der Waals surface area contributed by atoms with Gasteiger partial charge < -0.3 is 15.5 Å². The average Bonchev–Trinajstić information content (AvgIpc) is 3.07. The van der Waals surface area contributed by atoms with Crippen LogP contribution in [0.15, 0.2) is 42.5 Å². The largest absolute Gasteiger partial charge is 0.381 e. The maximum absolute atomic E-state index is 12.9. The Morgan fingerprint density at radius 1 is 1.07 bits per heavy atom. The van der Waals surface area contributed by atoms with Gasteiger partial charge in [-0.15, -0.1) is 0 Å². The lowest BCUT2D eigenvalue weighted by atomic mass is 10.0. The van der Waals surface area contributed by atoms with E-state index in [0.717, 1.165) is 29.8 Å². The van der Waals surface area contributed by atoms with Crippen LogP contribution in [0.5, 0.6) is 0 Å². The number of rotatable bonds is 7. The van der Waals surface area contributed by atoms with Gasteiger partial charge in [0.05, 0.1) is 0 Å². The van der Waals surface area contributed by atoms with Crippen LogP contribution in [0.3, 0.4) is 0 Å². The fourth-order valence-corrected chi connectivity index (χ4v) is 3.97. The fourth-order valence-electron chi connectivity index (χ4n) is 3.97. The van der Waals surface area contributed by atoms with Gasteiger partial charge in [-0.05, 0) is 61.3 Å². The van der Waals surface area contributed by atoms with Gasteiger partial charge in [0.2, 0.25) is 11.8 Å². The van der Waals surface area contributed by atoms with Crippen LogP contribution in [0.1, 0.15) is 39.9 Å². The number of amides is 3. The van der Waals surface area contributed by atoms with Gasteiger partial charge in [0, 0.05) is 30.8 Å². The first-order valence-corrected chi connectivity index (χ1v) is 10.3. The topological polar surface area (TPSA) is 90.5 Å². The molecule has 7 heteroatoms. The minimum atomic E-state index is -0.578. The first kappa shape index (κ1) is 20.1. The second kappa shape index (κ2) is 8.67. The molecule has 1 unspecified atom stereocenters. The van der Waals surface area contributed by atoms with Crippen LogP contribution in [0.4, 0.5) is 5.69 Å². The molecule has 2 aliphatic rings. The minimum absolute atomic E-state index is 0.143. The van der Waals surface area contributed by atoms with Gasteiger partial charge in [-0.25, -0.2) is 0 Å². The van der Waals surface area contributed by atoms with Gasteiger partial charge >= 0.3 is 0 Å². The molecule has 1 saturated heterocycles. The number of likely N-dealkylation sites (N-methyl/N-ethyl adjacent to an activating group) is 1. The van der Waals surface area contributed by atoms with E-state index in [1.165, 1.54) is 5.56 Å². The highest BCUT2D eigenvalue weighted by atomic mass is 16.2. The molecule has 2 aromatic carbocycles. The first-order chi connectivity index (χ1) is 14.5. The van der Waals surface area contributed by atoms with Crippen molar-refractivity contribution in [2.45, 2.75) is 38.4 Å². The van der Waals surface area contributed by atoms with Crippen LogP contribution in [0.2, 0.25) is 0 Å². The Kier molecular flexibility index (Phi) is 5.81. The standard InChI is InChI=1S/C23H26N4O3/c1-24-11-10-15-3-6-18(7-4-15)25-13-16-2-5-17-14-27(23(30)19(17)12-16)20-8-9-21(28)26-22(20)29/h2-7,12,20,24-25H,8-11,13-14H2,1H3,(H,26,28,29). The van der Waals surface area contributed by atoms with Crippen molar-refractivity contribution in [2.75, 3.05) is 18.9 Å². The van der Waals surface area contributed by atoms with Crippen molar-refractivity contribution in [3.05, 3.63) is 64.7 Å². The summed E-state index contributed by atoms with van der Waals surface area (Å²) in [6, 6.07) is 13.6. The normalized spacial score (nSPS) is 18.4. The van der Waals surface area contributed by atoms with Crippen LogP contribution in [-0.2, 0) is 29.1 Å². The molecule has 156 valence electrons. The van der Waals surface area contributed by atoms with E-state index in [1.807, 2.05) is 25.2 Å². The zero-order valence-electron chi connectivity index (χ0n) is 17.0. The van der Waals surface area contributed by atoms with E-state index < -0.39 is 6.04 Å². The molecule has 4 rings (SSSR count). The van der Waals surface area contributed by atoms with E-state index in [4.69, 9.17) is 0 Å². The highest BCUT2D eigenvalue weighted by molar-refractivity contribution is 6.05. The predicted octanol–water partition coefficient (Wildman–Crippen LogP) is 1.82. The van der Waals surface area contributed by atoms with Crippen LogP contribution in [0, 0.1) is 0 Å². The summed E-state index contributed by atoms with van der Waals surface area (Å²) in [5.41, 5.74) is 4.88. The summed E-state index contributed by atoms with van der Waals surface area (Å²) in [7, 11) is 1.95. The molecule has 1 fully saturated rings. The lowest BCUT2D eigenvalue weighted by Gasteiger charge is -2.29. The summed E-state index contributed by atoms with van der Waals surface area (Å²) in [4.78, 5) is 38.0. The number of anilines is 1. The van der Waals surface area contributed by atoms with Crippen molar-refractivity contribution < 1.29 is 14.4 Å². The van der Waals surface area contributed by atoms with Crippen molar-refractivity contribution in [3.8, 4) is 0 Å². The highest BCUT2D eigenvalue weighted by Gasteiger charge is 2.39. The highest BCUT2D eigenvalue weighted by Crippen LogP contribution is 2.28. The number of hydrogen-bond acceptors (Lipinski definition) is 5. The Balaban J connectivity index is 1.39. The number of hydrogen-bond donors (Lipinski definition) is 3. The zero-order chi connectivity index (χ0) is 21.1. The van der Waals surface area contributed by atoms with E-state index >= 15 is 0 Å². The number of carbonyl (C=O) groups excluding carboxylic acids is 3. The fraction of sp³-hybridized carbons (Fsp3) is 0.348. The van der Waals surface area contributed by atoms with Crippen molar-refractivity contribution in [1.29, 1.82) is 0 Å². The summed E-state index contributed by atoms with van der Waals surface area (Å²) in [5, 5.41) is 8.87. The van der Waals surface area contributed by atoms with Gasteiger partial charge in [-0.3, -0.25) is 19.7 Å².